The summed E-state index contributed by atoms with van der Waals surface area (Å²) in [5, 5.41) is 18.1. The summed E-state index contributed by atoms with van der Waals surface area (Å²) >= 11 is 6.32. The van der Waals surface area contributed by atoms with Crippen LogP contribution in [0.25, 0.3) is 0 Å². The standard InChI is InChI=1S/C25H22ClN7O6/c1-37-21-8-7-15(39-24(27)34)11-17(21)29-23-16(26)14-28-25(31-23)30-18-12-20(33(35)36)19(13-22(18)38-2)32-9-5-3-4-6-10-32/h3-14H,1-2H3,(H2,27,34)(H2,28,29,30,31). The number of nitrogens with two attached hydrogens (primary N) is 1. The molecule has 1 amide bonds. The third-order valence-electron chi connectivity index (χ3n) is 5.23. The minimum absolute atomic E-state index is 0.0597. The molecule has 1 aliphatic rings. The van der Waals surface area contributed by atoms with E-state index in [0.717, 1.165) is 0 Å². The van der Waals surface area contributed by atoms with Gasteiger partial charge in [-0.05, 0) is 24.3 Å². The number of aromatic nitrogens is 2. The number of primary amides is 1. The molecule has 13 nitrogen and oxygen atoms in total. The van der Waals surface area contributed by atoms with Gasteiger partial charge in [0.1, 0.15) is 28.0 Å². The number of ether oxygens (including phenoxy) is 3. The Balaban J connectivity index is 1.68. The summed E-state index contributed by atoms with van der Waals surface area (Å²) < 4.78 is 15.8. The summed E-state index contributed by atoms with van der Waals surface area (Å²) in [5.74, 6) is 1.10. The van der Waals surface area contributed by atoms with E-state index >= 15 is 0 Å². The van der Waals surface area contributed by atoms with Crippen LogP contribution >= 0.6 is 11.6 Å². The highest BCUT2D eigenvalue weighted by molar-refractivity contribution is 6.33. The molecule has 2 heterocycles. The number of carbonyl (C=O) groups excluding carboxylic acids is 1. The van der Waals surface area contributed by atoms with Gasteiger partial charge >= 0.3 is 6.09 Å². The Bertz CT molecular complexity index is 1490. The van der Waals surface area contributed by atoms with Gasteiger partial charge in [0.15, 0.2) is 5.82 Å². The molecule has 39 heavy (non-hydrogen) atoms. The molecule has 1 aliphatic heterocycles. The van der Waals surface area contributed by atoms with Crippen LogP contribution in [0.1, 0.15) is 0 Å². The summed E-state index contributed by atoms with van der Waals surface area (Å²) in [4.78, 5) is 32.8. The monoisotopic (exact) mass is 551 g/mol. The Labute approximate surface area is 227 Å². The number of amides is 1. The first-order valence-electron chi connectivity index (χ1n) is 11.2. The third-order valence-corrected chi connectivity index (χ3v) is 5.51. The number of methoxy groups -OCH3 is 2. The van der Waals surface area contributed by atoms with Crippen molar-refractivity contribution in [2.24, 2.45) is 5.73 Å². The maximum absolute atomic E-state index is 11.9. The average molecular weight is 552 g/mol. The molecule has 3 aromatic rings. The molecular weight excluding hydrogens is 530 g/mol. The summed E-state index contributed by atoms with van der Waals surface area (Å²) in [6.45, 7) is 0. The SMILES string of the molecule is COc1cc(N2C=CC=CC=C2)c([N+](=O)[O-])cc1Nc1ncc(Cl)c(Nc2cc(OC(N)=O)ccc2OC)n1. The van der Waals surface area contributed by atoms with E-state index in [-0.39, 0.29) is 33.9 Å². The van der Waals surface area contributed by atoms with Gasteiger partial charge in [-0.2, -0.15) is 4.98 Å². The first-order chi connectivity index (χ1) is 18.8. The Morgan fingerprint density at radius 1 is 1.03 bits per heavy atom. The second kappa shape index (κ2) is 11.8. The first-order valence-corrected chi connectivity index (χ1v) is 11.5. The second-order valence-electron chi connectivity index (χ2n) is 7.70. The predicted octanol–water partition coefficient (Wildman–Crippen LogP) is 5.40. The largest absolute Gasteiger partial charge is 0.495 e. The number of nitrogens with zero attached hydrogens (tertiary/aromatic N) is 4. The highest BCUT2D eigenvalue weighted by Crippen LogP contribution is 2.40. The topological polar surface area (TPSA) is 167 Å². The summed E-state index contributed by atoms with van der Waals surface area (Å²) in [5.41, 5.74) is 5.83. The molecule has 14 heteroatoms. The number of rotatable bonds is 9. The van der Waals surface area contributed by atoms with E-state index in [9.17, 15) is 14.9 Å². The molecule has 4 N–H and O–H groups in total. The molecule has 1 aromatic heterocycles. The van der Waals surface area contributed by atoms with Gasteiger partial charge in [-0.3, -0.25) is 10.1 Å². The lowest BCUT2D eigenvalue weighted by molar-refractivity contribution is -0.384. The molecule has 0 fully saturated rings. The number of carbonyl (C=O) groups is 1. The van der Waals surface area contributed by atoms with Crippen LogP contribution in [-0.2, 0) is 0 Å². The number of nitro groups is 1. The summed E-state index contributed by atoms with van der Waals surface area (Å²) in [7, 11) is 2.90. The van der Waals surface area contributed by atoms with E-state index in [0.29, 0.717) is 22.9 Å². The van der Waals surface area contributed by atoms with Crippen LogP contribution in [0.15, 0.2) is 73.2 Å². The van der Waals surface area contributed by atoms with Crippen LogP contribution in [0, 0.1) is 10.1 Å². The second-order valence-corrected chi connectivity index (χ2v) is 8.10. The Kier molecular flexibility index (Phi) is 8.12. The van der Waals surface area contributed by atoms with E-state index < -0.39 is 11.0 Å². The lowest BCUT2D eigenvalue weighted by atomic mass is 10.2. The van der Waals surface area contributed by atoms with E-state index in [1.807, 2.05) is 0 Å². The molecule has 0 saturated heterocycles. The smallest absolute Gasteiger partial charge is 0.409 e. The Hall–Kier alpha value is -5.30. The fraction of sp³-hybridized carbons (Fsp3) is 0.0800. The lowest BCUT2D eigenvalue weighted by Crippen LogP contribution is -2.16. The number of hydrogen-bond acceptors (Lipinski definition) is 11. The number of halogens is 1. The van der Waals surface area contributed by atoms with Gasteiger partial charge < -0.3 is 35.5 Å². The number of hydrogen-bond donors (Lipinski definition) is 3. The number of allylic oxidation sites excluding steroid dienone is 4. The van der Waals surface area contributed by atoms with Crippen molar-refractivity contribution in [1.82, 2.24) is 9.97 Å². The summed E-state index contributed by atoms with van der Waals surface area (Å²) in [6, 6.07) is 7.39. The van der Waals surface area contributed by atoms with Crippen LogP contribution in [-0.4, -0.2) is 35.2 Å². The average Bonchev–Trinajstić information content (AvgIpc) is 3.20. The van der Waals surface area contributed by atoms with Crippen LogP contribution in [0.4, 0.5) is 39.3 Å². The molecule has 2 aromatic carbocycles. The molecule has 200 valence electrons. The van der Waals surface area contributed by atoms with E-state index in [2.05, 4.69) is 20.6 Å². The minimum atomic E-state index is -0.980. The van der Waals surface area contributed by atoms with Crippen molar-refractivity contribution in [3.63, 3.8) is 0 Å². The zero-order valence-electron chi connectivity index (χ0n) is 20.6. The van der Waals surface area contributed by atoms with Gasteiger partial charge in [-0.15, -0.1) is 0 Å². The fourth-order valence-electron chi connectivity index (χ4n) is 3.53. The van der Waals surface area contributed by atoms with Gasteiger partial charge in [0.25, 0.3) is 5.69 Å². The van der Waals surface area contributed by atoms with Gasteiger partial charge in [0.05, 0.1) is 36.7 Å². The van der Waals surface area contributed by atoms with Crippen molar-refractivity contribution >= 4 is 52.2 Å². The zero-order chi connectivity index (χ0) is 27.9. The third kappa shape index (κ3) is 6.34. The van der Waals surface area contributed by atoms with Gasteiger partial charge in [-0.1, -0.05) is 23.8 Å². The van der Waals surface area contributed by atoms with Crippen LogP contribution in [0.5, 0.6) is 17.2 Å². The molecular formula is C25H22ClN7O6. The van der Waals surface area contributed by atoms with E-state index in [1.165, 1.54) is 44.7 Å². The predicted molar refractivity (Wildman–Crippen MR) is 146 cm³/mol. The number of anilines is 5. The van der Waals surface area contributed by atoms with E-state index in [4.69, 9.17) is 31.5 Å². The van der Waals surface area contributed by atoms with Gasteiger partial charge in [0, 0.05) is 30.6 Å². The number of benzene rings is 2. The van der Waals surface area contributed by atoms with Crippen molar-refractivity contribution < 1.29 is 23.9 Å². The van der Waals surface area contributed by atoms with Gasteiger partial charge in [-0.25, -0.2) is 9.78 Å². The van der Waals surface area contributed by atoms with Crippen LogP contribution < -0.4 is 35.5 Å². The first kappa shape index (κ1) is 26.8. The number of nitrogens with one attached hydrogen (secondary N) is 2. The molecule has 0 atom stereocenters. The van der Waals surface area contributed by atoms with Crippen molar-refractivity contribution in [2.45, 2.75) is 0 Å². The van der Waals surface area contributed by atoms with Gasteiger partial charge in [0.2, 0.25) is 5.95 Å². The molecule has 0 bridgehead atoms. The summed E-state index contributed by atoms with van der Waals surface area (Å²) in [6.07, 6.45) is 10.8. The highest BCUT2D eigenvalue weighted by Gasteiger charge is 2.23. The van der Waals surface area contributed by atoms with Crippen LogP contribution in [0.3, 0.4) is 0 Å². The lowest BCUT2D eigenvalue weighted by Gasteiger charge is -2.18. The fourth-order valence-corrected chi connectivity index (χ4v) is 3.67. The zero-order valence-corrected chi connectivity index (χ0v) is 21.4. The molecule has 0 saturated carbocycles. The maximum Gasteiger partial charge on any atom is 0.409 e. The van der Waals surface area contributed by atoms with Crippen molar-refractivity contribution in [1.29, 1.82) is 0 Å². The number of nitro benzene ring substituents is 1. The Morgan fingerprint density at radius 3 is 2.36 bits per heavy atom. The quantitative estimate of drug-likeness (QED) is 0.230. The molecule has 0 radical (unpaired) electrons. The normalized spacial score (nSPS) is 12.0. The molecule has 0 aliphatic carbocycles. The van der Waals surface area contributed by atoms with E-state index in [1.54, 1.807) is 47.7 Å². The Morgan fingerprint density at radius 2 is 1.72 bits per heavy atom. The molecule has 0 spiro atoms. The maximum atomic E-state index is 11.9. The van der Waals surface area contributed by atoms with Crippen molar-refractivity contribution in [3.8, 4) is 17.2 Å². The highest BCUT2D eigenvalue weighted by atomic mass is 35.5. The van der Waals surface area contributed by atoms with Crippen molar-refractivity contribution in [3.05, 3.63) is 88.4 Å². The molecule has 0 unspecified atom stereocenters. The minimum Gasteiger partial charge on any atom is -0.495 e. The van der Waals surface area contributed by atoms with Crippen molar-refractivity contribution in [2.75, 3.05) is 29.8 Å². The van der Waals surface area contributed by atoms with Crippen LogP contribution in [0.2, 0.25) is 5.02 Å². The molecule has 4 rings (SSSR count).